The summed E-state index contributed by atoms with van der Waals surface area (Å²) in [5.74, 6) is 0.436. The molecule has 1 aliphatic rings. The Morgan fingerprint density at radius 1 is 1.57 bits per heavy atom. The fraction of sp³-hybridized carbons (Fsp3) is 0.500. The maximum absolute atomic E-state index is 12.7. The molecule has 1 N–H and O–H groups in total. The highest BCUT2D eigenvalue weighted by Crippen LogP contribution is 2.23. The minimum absolute atomic E-state index is 0.0910. The van der Waals surface area contributed by atoms with Crippen LogP contribution < -0.4 is 5.56 Å². The SMILES string of the molecule is CCc1nnsc1C(=O)N1CCO[C@@H](c2cc(=O)[nH]c(C)n2)C1. The summed E-state index contributed by atoms with van der Waals surface area (Å²) >= 11 is 1.11. The molecule has 1 saturated heterocycles. The first-order valence-corrected chi connectivity index (χ1v) is 8.15. The van der Waals surface area contributed by atoms with E-state index in [-0.39, 0.29) is 11.5 Å². The number of amides is 1. The monoisotopic (exact) mass is 335 g/mol. The van der Waals surface area contributed by atoms with Gasteiger partial charge in [-0.15, -0.1) is 5.10 Å². The summed E-state index contributed by atoms with van der Waals surface area (Å²) in [5.41, 5.74) is 1.04. The lowest BCUT2D eigenvalue weighted by Gasteiger charge is -2.32. The van der Waals surface area contributed by atoms with Crippen LogP contribution in [0.5, 0.6) is 0 Å². The normalized spacial score (nSPS) is 18.2. The number of nitrogens with zero attached hydrogens (tertiary/aromatic N) is 4. The number of morpholine rings is 1. The predicted molar refractivity (Wildman–Crippen MR) is 83.5 cm³/mol. The fourth-order valence-corrected chi connectivity index (χ4v) is 3.24. The molecule has 8 nitrogen and oxygen atoms in total. The minimum Gasteiger partial charge on any atom is -0.368 e. The van der Waals surface area contributed by atoms with E-state index in [0.29, 0.717) is 48.2 Å². The summed E-state index contributed by atoms with van der Waals surface area (Å²) in [6, 6.07) is 1.41. The number of aryl methyl sites for hydroxylation is 2. The number of carbonyl (C=O) groups is 1. The van der Waals surface area contributed by atoms with Crippen LogP contribution in [0.1, 0.15) is 39.9 Å². The van der Waals surface area contributed by atoms with Crippen molar-refractivity contribution in [2.45, 2.75) is 26.4 Å². The molecule has 2 aromatic rings. The molecule has 122 valence electrons. The molecule has 0 saturated carbocycles. The third-order valence-electron chi connectivity index (χ3n) is 3.65. The molecule has 3 rings (SSSR count). The zero-order chi connectivity index (χ0) is 16.4. The fourth-order valence-electron chi connectivity index (χ4n) is 2.53. The standard InChI is InChI=1S/C14H17N5O3S/c1-3-9-13(23-18-17-9)14(21)19-4-5-22-11(7-19)10-6-12(20)16-8(2)15-10/h6,11H,3-5,7H2,1-2H3,(H,15,16,20)/t11-/m1/s1. The van der Waals surface area contributed by atoms with Gasteiger partial charge < -0.3 is 14.6 Å². The summed E-state index contributed by atoms with van der Waals surface area (Å²) in [4.78, 5) is 33.4. The lowest BCUT2D eigenvalue weighted by molar-refractivity contribution is -0.0247. The molecule has 0 radical (unpaired) electrons. The molecule has 2 aromatic heterocycles. The van der Waals surface area contributed by atoms with Gasteiger partial charge in [-0.2, -0.15) is 0 Å². The Morgan fingerprint density at radius 2 is 2.39 bits per heavy atom. The number of aromatic nitrogens is 4. The smallest absolute Gasteiger partial charge is 0.267 e. The lowest BCUT2D eigenvalue weighted by Crippen LogP contribution is -2.42. The van der Waals surface area contributed by atoms with Crippen LogP contribution in [0.3, 0.4) is 0 Å². The molecular formula is C14H17N5O3S. The summed E-state index contributed by atoms with van der Waals surface area (Å²) in [6.45, 7) is 4.91. The van der Waals surface area contributed by atoms with Crippen LogP contribution in [0.4, 0.5) is 0 Å². The second-order valence-electron chi connectivity index (χ2n) is 5.27. The Hall–Kier alpha value is -2.13. The van der Waals surface area contributed by atoms with Crippen molar-refractivity contribution in [2.24, 2.45) is 0 Å². The number of hydrogen-bond acceptors (Lipinski definition) is 7. The molecule has 1 fully saturated rings. The lowest BCUT2D eigenvalue weighted by atomic mass is 10.2. The van der Waals surface area contributed by atoms with Crippen molar-refractivity contribution >= 4 is 17.4 Å². The van der Waals surface area contributed by atoms with Crippen molar-refractivity contribution in [1.29, 1.82) is 0 Å². The van der Waals surface area contributed by atoms with Crippen LogP contribution in [0.15, 0.2) is 10.9 Å². The highest BCUT2D eigenvalue weighted by Gasteiger charge is 2.29. The highest BCUT2D eigenvalue weighted by atomic mass is 32.1. The number of H-pyrrole nitrogens is 1. The van der Waals surface area contributed by atoms with E-state index in [1.807, 2.05) is 6.92 Å². The number of ether oxygens (including phenoxy) is 1. The van der Waals surface area contributed by atoms with Gasteiger partial charge in [-0.05, 0) is 24.9 Å². The van der Waals surface area contributed by atoms with E-state index in [2.05, 4.69) is 19.6 Å². The average molecular weight is 335 g/mol. The van der Waals surface area contributed by atoms with Gasteiger partial charge in [0.2, 0.25) is 0 Å². The zero-order valence-corrected chi connectivity index (χ0v) is 13.7. The van der Waals surface area contributed by atoms with Gasteiger partial charge in [-0.25, -0.2) is 4.98 Å². The Bertz CT molecular complexity index is 772. The number of rotatable bonds is 3. The number of aromatic amines is 1. The molecule has 0 bridgehead atoms. The van der Waals surface area contributed by atoms with Crippen LogP contribution >= 0.6 is 11.5 Å². The third kappa shape index (κ3) is 3.30. The van der Waals surface area contributed by atoms with Crippen LogP contribution in [0.25, 0.3) is 0 Å². The van der Waals surface area contributed by atoms with Gasteiger partial charge in [0.05, 0.1) is 24.5 Å². The van der Waals surface area contributed by atoms with Crippen molar-refractivity contribution in [1.82, 2.24) is 24.5 Å². The van der Waals surface area contributed by atoms with Gasteiger partial charge in [0, 0.05) is 12.6 Å². The van der Waals surface area contributed by atoms with E-state index >= 15 is 0 Å². The van der Waals surface area contributed by atoms with E-state index in [4.69, 9.17) is 4.74 Å². The van der Waals surface area contributed by atoms with E-state index in [0.717, 1.165) is 11.5 Å². The second kappa shape index (κ2) is 6.55. The Morgan fingerprint density at radius 3 is 3.13 bits per heavy atom. The summed E-state index contributed by atoms with van der Waals surface area (Å²) in [6.07, 6.45) is 0.264. The molecule has 1 amide bonds. The second-order valence-corrected chi connectivity index (χ2v) is 6.02. The van der Waals surface area contributed by atoms with Crippen LogP contribution in [0.2, 0.25) is 0 Å². The molecule has 1 atom stereocenters. The summed E-state index contributed by atoms with van der Waals surface area (Å²) in [5, 5.41) is 3.98. The maximum Gasteiger partial charge on any atom is 0.267 e. The molecular weight excluding hydrogens is 318 g/mol. The van der Waals surface area contributed by atoms with Crippen molar-refractivity contribution in [3.8, 4) is 0 Å². The van der Waals surface area contributed by atoms with Crippen molar-refractivity contribution in [3.63, 3.8) is 0 Å². The van der Waals surface area contributed by atoms with E-state index in [1.54, 1.807) is 11.8 Å². The topological polar surface area (TPSA) is 101 Å². The van der Waals surface area contributed by atoms with Gasteiger partial charge in [-0.1, -0.05) is 11.4 Å². The molecule has 1 aliphatic heterocycles. The Balaban J connectivity index is 1.80. The molecule has 0 aliphatic carbocycles. The van der Waals surface area contributed by atoms with Gasteiger partial charge in [0.25, 0.3) is 11.5 Å². The third-order valence-corrected chi connectivity index (χ3v) is 4.40. The summed E-state index contributed by atoms with van der Waals surface area (Å²) in [7, 11) is 0. The van der Waals surface area contributed by atoms with E-state index in [1.165, 1.54) is 6.07 Å². The average Bonchev–Trinajstić information content (AvgIpc) is 3.02. The molecule has 23 heavy (non-hydrogen) atoms. The first-order chi connectivity index (χ1) is 11.1. The minimum atomic E-state index is -0.403. The number of nitrogens with one attached hydrogen (secondary N) is 1. The van der Waals surface area contributed by atoms with Crippen LogP contribution in [0, 0.1) is 6.92 Å². The van der Waals surface area contributed by atoms with Gasteiger partial charge >= 0.3 is 0 Å². The molecule has 3 heterocycles. The quantitative estimate of drug-likeness (QED) is 0.886. The van der Waals surface area contributed by atoms with E-state index < -0.39 is 6.10 Å². The van der Waals surface area contributed by atoms with Crippen LogP contribution in [-0.4, -0.2) is 50.1 Å². The largest absolute Gasteiger partial charge is 0.368 e. The van der Waals surface area contributed by atoms with E-state index in [9.17, 15) is 9.59 Å². The summed E-state index contributed by atoms with van der Waals surface area (Å²) < 4.78 is 9.56. The number of carbonyl (C=O) groups excluding carboxylic acids is 1. The predicted octanol–water partition coefficient (Wildman–Crippen LogP) is 0.706. The maximum atomic E-state index is 12.7. The molecule has 0 unspecified atom stereocenters. The highest BCUT2D eigenvalue weighted by molar-refractivity contribution is 7.08. The van der Waals surface area contributed by atoms with Gasteiger partial charge in [0.15, 0.2) is 0 Å². The van der Waals surface area contributed by atoms with Gasteiger partial charge in [0.1, 0.15) is 16.8 Å². The van der Waals surface area contributed by atoms with Crippen molar-refractivity contribution < 1.29 is 9.53 Å². The Labute approximate surface area is 136 Å². The number of hydrogen-bond donors (Lipinski definition) is 1. The Kier molecular flexibility index (Phi) is 4.49. The van der Waals surface area contributed by atoms with Gasteiger partial charge in [-0.3, -0.25) is 9.59 Å². The first kappa shape index (κ1) is 15.8. The van der Waals surface area contributed by atoms with Crippen LogP contribution in [-0.2, 0) is 11.2 Å². The molecule has 0 spiro atoms. The molecule has 0 aromatic carbocycles. The molecule has 9 heteroatoms. The first-order valence-electron chi connectivity index (χ1n) is 7.38. The van der Waals surface area contributed by atoms with Crippen molar-refractivity contribution in [3.05, 3.63) is 38.5 Å². The van der Waals surface area contributed by atoms with Crippen molar-refractivity contribution in [2.75, 3.05) is 19.7 Å². The zero-order valence-electron chi connectivity index (χ0n) is 12.9.